The van der Waals surface area contributed by atoms with Gasteiger partial charge in [0.2, 0.25) is 0 Å². The Bertz CT molecular complexity index is 712. The minimum atomic E-state index is 0. The molecule has 0 aliphatic carbocycles. The second-order valence-corrected chi connectivity index (χ2v) is 5.44. The zero-order valence-electron chi connectivity index (χ0n) is 12.4. The molecule has 22 heavy (non-hydrogen) atoms. The van der Waals surface area contributed by atoms with Crippen molar-refractivity contribution in [2.75, 3.05) is 0 Å². The summed E-state index contributed by atoms with van der Waals surface area (Å²) in [5, 5.41) is 1.95. The molecule has 3 rings (SSSR count). The molecule has 1 N–H and O–H groups in total. The van der Waals surface area contributed by atoms with E-state index in [1.165, 1.54) is 23.0 Å². The third kappa shape index (κ3) is 4.97. The van der Waals surface area contributed by atoms with Crippen LogP contribution in [0.4, 0.5) is 0 Å². The van der Waals surface area contributed by atoms with Crippen LogP contribution in [0.3, 0.4) is 0 Å². The maximum absolute atomic E-state index is 5.37. The molecule has 118 valence electrons. The summed E-state index contributed by atoms with van der Waals surface area (Å²) in [5.41, 5.74) is 3.67. The van der Waals surface area contributed by atoms with E-state index in [0.29, 0.717) is 10.3 Å². The summed E-state index contributed by atoms with van der Waals surface area (Å²) in [7, 11) is 0. The molecule has 1 aromatic carbocycles. The number of para-hydroxylation sites is 1. The molecule has 0 radical (unpaired) electrons. The molecule has 0 saturated heterocycles. The molecule has 0 aliphatic rings. The standard InChI is InChI=1S/C13H15N.C3H2Cl2N2.BrH/c1-3-6-12-10(2)9-11-7-4-5-8-13(11)14-12;4-2-3(5)7-1-6-2;/h4-5,7-9H,3,6H2,1-2H3;1H,(H,6,7);1H. The van der Waals surface area contributed by atoms with Gasteiger partial charge in [0.1, 0.15) is 5.15 Å². The largest absolute Gasteiger partial charge is 0.334 e. The summed E-state index contributed by atoms with van der Waals surface area (Å²) in [6.45, 7) is 4.33. The first kappa shape index (κ1) is 18.9. The molecular weight excluding hydrogens is 385 g/mol. The zero-order valence-corrected chi connectivity index (χ0v) is 15.7. The number of aromatic nitrogens is 3. The second kappa shape index (κ2) is 9.13. The first-order valence-corrected chi connectivity index (χ1v) is 7.57. The fourth-order valence-electron chi connectivity index (χ4n) is 2.01. The average molecular weight is 403 g/mol. The Balaban J connectivity index is 0.000000258. The van der Waals surface area contributed by atoms with Crippen LogP contribution in [0.25, 0.3) is 10.9 Å². The number of aromatic amines is 1. The van der Waals surface area contributed by atoms with Gasteiger partial charge in [0.05, 0.1) is 11.8 Å². The molecule has 0 atom stereocenters. The van der Waals surface area contributed by atoms with Crippen LogP contribution in [0.15, 0.2) is 36.7 Å². The van der Waals surface area contributed by atoms with E-state index < -0.39 is 0 Å². The fraction of sp³-hybridized carbons (Fsp3) is 0.250. The van der Waals surface area contributed by atoms with Crippen molar-refractivity contribution >= 4 is 51.1 Å². The van der Waals surface area contributed by atoms with E-state index in [9.17, 15) is 0 Å². The van der Waals surface area contributed by atoms with Gasteiger partial charge in [-0.2, -0.15) is 0 Å². The van der Waals surface area contributed by atoms with Crippen LogP contribution >= 0.6 is 40.2 Å². The van der Waals surface area contributed by atoms with Gasteiger partial charge in [-0.3, -0.25) is 4.98 Å². The van der Waals surface area contributed by atoms with Crippen molar-refractivity contribution in [3.8, 4) is 0 Å². The molecule has 0 amide bonds. The topological polar surface area (TPSA) is 41.6 Å². The highest BCUT2D eigenvalue weighted by Gasteiger charge is 2.01. The van der Waals surface area contributed by atoms with E-state index >= 15 is 0 Å². The van der Waals surface area contributed by atoms with E-state index in [1.807, 2.05) is 6.07 Å². The molecule has 2 aromatic heterocycles. The smallest absolute Gasteiger partial charge is 0.165 e. The van der Waals surface area contributed by atoms with E-state index in [-0.39, 0.29) is 17.0 Å². The molecule has 0 spiro atoms. The van der Waals surface area contributed by atoms with E-state index in [2.05, 4.69) is 53.1 Å². The van der Waals surface area contributed by atoms with Crippen molar-refractivity contribution in [3.05, 3.63) is 58.2 Å². The van der Waals surface area contributed by atoms with Crippen LogP contribution < -0.4 is 0 Å². The van der Waals surface area contributed by atoms with Crippen molar-refractivity contribution in [1.29, 1.82) is 0 Å². The van der Waals surface area contributed by atoms with Gasteiger partial charge in [-0.25, -0.2) is 4.98 Å². The number of imidazole rings is 1. The predicted molar refractivity (Wildman–Crippen MR) is 99.4 cm³/mol. The Morgan fingerprint density at radius 1 is 1.18 bits per heavy atom. The van der Waals surface area contributed by atoms with Gasteiger partial charge >= 0.3 is 0 Å². The lowest BCUT2D eigenvalue weighted by atomic mass is 10.1. The number of aryl methyl sites for hydroxylation is 2. The molecular formula is C16H18BrCl2N3. The van der Waals surface area contributed by atoms with Crippen LogP contribution in [0.2, 0.25) is 10.3 Å². The molecule has 0 saturated carbocycles. The maximum Gasteiger partial charge on any atom is 0.165 e. The van der Waals surface area contributed by atoms with Crippen molar-refractivity contribution in [3.63, 3.8) is 0 Å². The number of nitrogens with zero attached hydrogens (tertiary/aromatic N) is 2. The third-order valence-corrected chi connectivity index (χ3v) is 3.73. The van der Waals surface area contributed by atoms with Crippen molar-refractivity contribution in [1.82, 2.24) is 15.0 Å². The lowest BCUT2D eigenvalue weighted by Gasteiger charge is -2.05. The second-order valence-electron chi connectivity index (χ2n) is 4.70. The van der Waals surface area contributed by atoms with Gasteiger partial charge in [0, 0.05) is 11.1 Å². The number of halogens is 3. The SMILES string of the molecule is Br.CCCc1nc2ccccc2cc1C.Clc1nc[nH]c1Cl. The fourth-order valence-corrected chi connectivity index (χ4v) is 2.21. The third-order valence-electron chi connectivity index (χ3n) is 3.06. The molecule has 6 heteroatoms. The number of H-pyrrole nitrogens is 1. The van der Waals surface area contributed by atoms with E-state index in [4.69, 9.17) is 23.2 Å². The normalized spacial score (nSPS) is 9.82. The van der Waals surface area contributed by atoms with Crippen molar-refractivity contribution in [2.24, 2.45) is 0 Å². The molecule has 2 heterocycles. The Morgan fingerprint density at radius 2 is 1.91 bits per heavy atom. The Morgan fingerprint density at radius 3 is 2.45 bits per heavy atom. The number of fused-ring (bicyclic) bond motifs is 1. The first-order valence-electron chi connectivity index (χ1n) is 6.81. The molecule has 0 fully saturated rings. The summed E-state index contributed by atoms with van der Waals surface area (Å²) in [6, 6.07) is 10.5. The summed E-state index contributed by atoms with van der Waals surface area (Å²) in [6.07, 6.45) is 3.67. The molecule has 3 aromatic rings. The summed E-state index contributed by atoms with van der Waals surface area (Å²) < 4.78 is 0. The number of rotatable bonds is 2. The van der Waals surface area contributed by atoms with Crippen LogP contribution in [-0.2, 0) is 6.42 Å². The molecule has 0 unspecified atom stereocenters. The number of nitrogens with one attached hydrogen (secondary N) is 1. The Hall–Kier alpha value is -1.10. The lowest BCUT2D eigenvalue weighted by molar-refractivity contribution is 0.879. The highest BCUT2D eigenvalue weighted by molar-refractivity contribution is 8.93. The zero-order chi connectivity index (χ0) is 15.2. The highest BCUT2D eigenvalue weighted by atomic mass is 79.9. The van der Waals surface area contributed by atoms with E-state index in [1.54, 1.807) is 0 Å². The van der Waals surface area contributed by atoms with Gasteiger partial charge in [0.15, 0.2) is 5.15 Å². The minimum absolute atomic E-state index is 0. The van der Waals surface area contributed by atoms with Crippen molar-refractivity contribution in [2.45, 2.75) is 26.7 Å². The molecule has 3 nitrogen and oxygen atoms in total. The molecule has 0 bridgehead atoms. The van der Waals surface area contributed by atoms with Crippen LogP contribution in [0, 0.1) is 6.92 Å². The number of hydrogen-bond acceptors (Lipinski definition) is 2. The van der Waals surface area contributed by atoms with Gasteiger partial charge < -0.3 is 4.98 Å². The van der Waals surface area contributed by atoms with Crippen molar-refractivity contribution < 1.29 is 0 Å². The van der Waals surface area contributed by atoms with Gasteiger partial charge in [-0.15, -0.1) is 17.0 Å². The van der Waals surface area contributed by atoms with Crippen LogP contribution in [-0.4, -0.2) is 15.0 Å². The number of benzene rings is 1. The van der Waals surface area contributed by atoms with Gasteiger partial charge in [-0.05, 0) is 31.0 Å². The van der Waals surface area contributed by atoms with Crippen LogP contribution in [0.1, 0.15) is 24.6 Å². The first-order chi connectivity index (χ1) is 10.1. The monoisotopic (exact) mass is 401 g/mol. The maximum atomic E-state index is 5.37. The summed E-state index contributed by atoms with van der Waals surface area (Å²) in [5.74, 6) is 0. The Labute approximate surface area is 150 Å². The number of hydrogen-bond donors (Lipinski definition) is 1. The van der Waals surface area contributed by atoms with Gasteiger partial charge in [0.25, 0.3) is 0 Å². The highest BCUT2D eigenvalue weighted by Crippen LogP contribution is 2.16. The molecule has 0 aliphatic heterocycles. The van der Waals surface area contributed by atoms with Gasteiger partial charge in [-0.1, -0.05) is 54.7 Å². The lowest BCUT2D eigenvalue weighted by Crippen LogP contribution is -1.94. The summed E-state index contributed by atoms with van der Waals surface area (Å²) in [4.78, 5) is 10.8. The predicted octanol–water partition coefficient (Wildman–Crippen LogP) is 5.79. The average Bonchev–Trinajstić information content (AvgIpc) is 2.85. The van der Waals surface area contributed by atoms with E-state index in [0.717, 1.165) is 18.4 Å². The van der Waals surface area contributed by atoms with Crippen LogP contribution in [0.5, 0.6) is 0 Å². The minimum Gasteiger partial charge on any atom is -0.334 e. The quantitative estimate of drug-likeness (QED) is 0.589. The Kier molecular flexibility index (Phi) is 7.87. The number of pyridine rings is 1. The summed E-state index contributed by atoms with van der Waals surface area (Å²) >= 11 is 10.7.